The summed E-state index contributed by atoms with van der Waals surface area (Å²) < 4.78 is 10.9. The number of benzene rings is 1. The van der Waals surface area contributed by atoms with Crippen molar-refractivity contribution < 1.29 is 9.47 Å². The molecule has 4 rings (SSSR count). The van der Waals surface area contributed by atoms with Crippen LogP contribution in [0.15, 0.2) is 30.3 Å². The first-order chi connectivity index (χ1) is 12.3. The lowest BCUT2D eigenvalue weighted by atomic mass is 9.99. The summed E-state index contributed by atoms with van der Waals surface area (Å²) in [5, 5.41) is 0. The fraction of sp³-hybridized carbons (Fsp3) is 0.500. The standard InChI is InChI=1S/C20H25N3O2/c1-24-19-14-18(21-20(22-19)17-8-12-25-13-9-17)23-10-6-15-4-2-3-5-16(15)7-11-23/h2-5,14,17H,6-13H2,1H3. The van der Waals surface area contributed by atoms with E-state index in [-0.39, 0.29) is 0 Å². The third-order valence-electron chi connectivity index (χ3n) is 5.25. The Morgan fingerprint density at radius 1 is 1.04 bits per heavy atom. The van der Waals surface area contributed by atoms with E-state index in [2.05, 4.69) is 34.1 Å². The van der Waals surface area contributed by atoms with Crippen molar-refractivity contribution in [2.75, 3.05) is 38.3 Å². The molecule has 0 atom stereocenters. The molecule has 1 aromatic heterocycles. The molecule has 0 N–H and O–H groups in total. The Balaban J connectivity index is 1.59. The number of anilines is 1. The van der Waals surface area contributed by atoms with E-state index in [0.717, 1.165) is 63.6 Å². The summed E-state index contributed by atoms with van der Waals surface area (Å²) in [4.78, 5) is 11.9. The zero-order valence-corrected chi connectivity index (χ0v) is 14.8. The molecule has 0 amide bonds. The van der Waals surface area contributed by atoms with E-state index in [4.69, 9.17) is 14.5 Å². The Hall–Kier alpha value is -2.14. The molecule has 132 valence electrons. The molecule has 0 aliphatic carbocycles. The maximum atomic E-state index is 5.48. The minimum Gasteiger partial charge on any atom is -0.481 e. The first-order valence-electron chi connectivity index (χ1n) is 9.16. The molecule has 0 bridgehead atoms. The SMILES string of the molecule is COc1cc(N2CCc3ccccc3CC2)nc(C2CCOCC2)n1. The summed E-state index contributed by atoms with van der Waals surface area (Å²) in [6, 6.07) is 10.7. The van der Waals surface area contributed by atoms with Gasteiger partial charge in [0.2, 0.25) is 5.88 Å². The van der Waals surface area contributed by atoms with E-state index >= 15 is 0 Å². The molecular weight excluding hydrogens is 314 g/mol. The van der Waals surface area contributed by atoms with Crippen LogP contribution in [0.1, 0.15) is 35.7 Å². The molecule has 0 radical (unpaired) electrons. The van der Waals surface area contributed by atoms with E-state index in [1.165, 1.54) is 11.1 Å². The topological polar surface area (TPSA) is 47.5 Å². The van der Waals surface area contributed by atoms with E-state index in [1.54, 1.807) is 7.11 Å². The van der Waals surface area contributed by atoms with Crippen molar-refractivity contribution in [2.45, 2.75) is 31.6 Å². The van der Waals surface area contributed by atoms with Gasteiger partial charge >= 0.3 is 0 Å². The number of hydrogen-bond donors (Lipinski definition) is 0. The summed E-state index contributed by atoms with van der Waals surface area (Å²) in [7, 11) is 1.68. The van der Waals surface area contributed by atoms with Gasteiger partial charge in [-0.2, -0.15) is 4.98 Å². The van der Waals surface area contributed by atoms with E-state index in [1.807, 2.05) is 6.07 Å². The van der Waals surface area contributed by atoms with Gasteiger partial charge in [-0.15, -0.1) is 0 Å². The van der Waals surface area contributed by atoms with Gasteiger partial charge in [-0.25, -0.2) is 4.98 Å². The zero-order valence-electron chi connectivity index (χ0n) is 14.8. The number of methoxy groups -OCH3 is 1. The second kappa shape index (κ2) is 7.40. The normalized spacial score (nSPS) is 18.5. The van der Waals surface area contributed by atoms with Crippen LogP contribution in [0, 0.1) is 0 Å². The third-order valence-corrected chi connectivity index (χ3v) is 5.25. The average molecular weight is 339 g/mol. The molecule has 1 fully saturated rings. The molecule has 0 unspecified atom stereocenters. The fourth-order valence-electron chi connectivity index (χ4n) is 3.73. The minimum atomic E-state index is 0.367. The van der Waals surface area contributed by atoms with Crippen LogP contribution >= 0.6 is 0 Å². The smallest absolute Gasteiger partial charge is 0.218 e. The summed E-state index contributed by atoms with van der Waals surface area (Å²) >= 11 is 0. The maximum absolute atomic E-state index is 5.48. The van der Waals surface area contributed by atoms with Crippen LogP contribution in [-0.2, 0) is 17.6 Å². The highest BCUT2D eigenvalue weighted by Gasteiger charge is 2.22. The third kappa shape index (κ3) is 3.61. The Kier molecular flexibility index (Phi) is 4.83. The second-order valence-electron chi connectivity index (χ2n) is 6.77. The number of nitrogens with zero attached hydrogens (tertiary/aromatic N) is 3. The second-order valence-corrected chi connectivity index (χ2v) is 6.77. The highest BCUT2D eigenvalue weighted by atomic mass is 16.5. The van der Waals surface area contributed by atoms with Crippen molar-refractivity contribution in [2.24, 2.45) is 0 Å². The highest BCUT2D eigenvalue weighted by molar-refractivity contribution is 5.44. The lowest BCUT2D eigenvalue weighted by molar-refractivity contribution is 0.0834. The molecule has 2 aromatic rings. The van der Waals surface area contributed by atoms with Gasteiger partial charge in [-0.05, 0) is 36.8 Å². The van der Waals surface area contributed by atoms with Crippen LogP contribution in [0.3, 0.4) is 0 Å². The summed E-state index contributed by atoms with van der Waals surface area (Å²) in [5.74, 6) is 2.92. The Bertz CT molecular complexity index is 702. The van der Waals surface area contributed by atoms with E-state index in [0.29, 0.717) is 11.8 Å². The predicted octanol–water partition coefficient (Wildman–Crippen LogP) is 2.98. The van der Waals surface area contributed by atoms with Gasteiger partial charge in [-0.1, -0.05) is 24.3 Å². The Morgan fingerprint density at radius 3 is 2.36 bits per heavy atom. The van der Waals surface area contributed by atoms with Crippen LogP contribution in [-0.4, -0.2) is 43.4 Å². The quantitative estimate of drug-likeness (QED) is 0.860. The van der Waals surface area contributed by atoms with Crippen molar-refractivity contribution in [3.63, 3.8) is 0 Å². The zero-order chi connectivity index (χ0) is 17.1. The van der Waals surface area contributed by atoms with E-state index < -0.39 is 0 Å². The summed E-state index contributed by atoms with van der Waals surface area (Å²) in [6.07, 6.45) is 4.07. The van der Waals surface area contributed by atoms with Crippen LogP contribution in [0.25, 0.3) is 0 Å². The van der Waals surface area contributed by atoms with Crippen LogP contribution < -0.4 is 9.64 Å². The fourth-order valence-corrected chi connectivity index (χ4v) is 3.73. The molecule has 3 heterocycles. The summed E-state index contributed by atoms with van der Waals surface area (Å²) in [6.45, 7) is 3.54. The van der Waals surface area contributed by atoms with Crippen LogP contribution in [0.5, 0.6) is 5.88 Å². The van der Waals surface area contributed by atoms with Crippen molar-refractivity contribution >= 4 is 5.82 Å². The molecule has 2 aliphatic rings. The van der Waals surface area contributed by atoms with Crippen molar-refractivity contribution in [1.29, 1.82) is 0 Å². The number of rotatable bonds is 3. The molecular formula is C20H25N3O2. The molecule has 0 spiro atoms. The molecule has 1 saturated heterocycles. The molecule has 0 saturated carbocycles. The lowest BCUT2D eigenvalue weighted by Crippen LogP contribution is -2.28. The lowest BCUT2D eigenvalue weighted by Gasteiger charge is -2.25. The maximum Gasteiger partial charge on any atom is 0.218 e. The Morgan fingerprint density at radius 2 is 1.72 bits per heavy atom. The molecule has 25 heavy (non-hydrogen) atoms. The van der Waals surface area contributed by atoms with Gasteiger partial charge in [0, 0.05) is 38.3 Å². The van der Waals surface area contributed by atoms with Gasteiger partial charge in [0.25, 0.3) is 0 Å². The van der Waals surface area contributed by atoms with Crippen molar-refractivity contribution in [3.05, 3.63) is 47.3 Å². The number of fused-ring (bicyclic) bond motifs is 1. The Labute approximate surface area is 149 Å². The van der Waals surface area contributed by atoms with Gasteiger partial charge in [0.1, 0.15) is 11.6 Å². The van der Waals surface area contributed by atoms with Crippen LogP contribution in [0.2, 0.25) is 0 Å². The van der Waals surface area contributed by atoms with Gasteiger partial charge < -0.3 is 14.4 Å². The van der Waals surface area contributed by atoms with Crippen LogP contribution in [0.4, 0.5) is 5.82 Å². The first kappa shape index (κ1) is 16.3. The largest absolute Gasteiger partial charge is 0.481 e. The molecule has 5 heteroatoms. The molecule has 2 aliphatic heterocycles. The van der Waals surface area contributed by atoms with Gasteiger partial charge in [-0.3, -0.25) is 0 Å². The predicted molar refractivity (Wildman–Crippen MR) is 97.4 cm³/mol. The number of ether oxygens (including phenoxy) is 2. The minimum absolute atomic E-state index is 0.367. The van der Waals surface area contributed by atoms with Crippen molar-refractivity contribution in [1.82, 2.24) is 9.97 Å². The van der Waals surface area contributed by atoms with Gasteiger partial charge in [0.15, 0.2) is 0 Å². The highest BCUT2D eigenvalue weighted by Crippen LogP contribution is 2.29. The average Bonchev–Trinajstić information content (AvgIpc) is 2.91. The van der Waals surface area contributed by atoms with E-state index in [9.17, 15) is 0 Å². The molecule has 5 nitrogen and oxygen atoms in total. The van der Waals surface area contributed by atoms with Gasteiger partial charge in [0.05, 0.1) is 7.11 Å². The summed E-state index contributed by atoms with van der Waals surface area (Å²) in [5.41, 5.74) is 2.91. The first-order valence-corrected chi connectivity index (χ1v) is 9.16. The van der Waals surface area contributed by atoms with Crippen molar-refractivity contribution in [3.8, 4) is 5.88 Å². The monoisotopic (exact) mass is 339 g/mol. The number of hydrogen-bond acceptors (Lipinski definition) is 5. The number of aromatic nitrogens is 2. The molecule has 1 aromatic carbocycles.